The van der Waals surface area contributed by atoms with Gasteiger partial charge in [0.05, 0.1) is 6.61 Å². The van der Waals surface area contributed by atoms with Crippen LogP contribution in [0.3, 0.4) is 0 Å². The number of rotatable bonds is 42. The summed E-state index contributed by atoms with van der Waals surface area (Å²) in [6.45, 7) is 3.98. The minimum atomic E-state index is -0.797. The molecule has 0 spiro atoms. The molecule has 1 atom stereocenters. The molecule has 0 aromatic carbocycles. The third kappa shape index (κ3) is 45.5. The van der Waals surface area contributed by atoms with E-state index < -0.39 is 6.10 Å². The van der Waals surface area contributed by atoms with Crippen molar-refractivity contribution in [3.8, 4) is 0 Å². The van der Waals surface area contributed by atoms with Crippen LogP contribution in [0.15, 0.2) is 97.2 Å². The summed E-state index contributed by atoms with van der Waals surface area (Å²) >= 11 is 0. The van der Waals surface area contributed by atoms with Crippen LogP contribution < -0.4 is 0 Å². The van der Waals surface area contributed by atoms with Gasteiger partial charge in [-0.2, -0.15) is 0 Å². The second-order valence-electron chi connectivity index (χ2n) is 15.4. The first kappa shape index (κ1) is 54.8. The van der Waals surface area contributed by atoms with Crippen LogP contribution in [0.1, 0.15) is 206 Å². The van der Waals surface area contributed by atoms with E-state index in [9.17, 15) is 14.7 Å². The lowest BCUT2D eigenvalue weighted by Gasteiger charge is -2.15. The maximum Gasteiger partial charge on any atom is 0.306 e. The van der Waals surface area contributed by atoms with Gasteiger partial charge in [-0.3, -0.25) is 9.59 Å². The number of carbonyl (C=O) groups excluding carboxylic acids is 2. The van der Waals surface area contributed by atoms with Crippen molar-refractivity contribution in [1.29, 1.82) is 0 Å². The maximum atomic E-state index is 12.2. The van der Waals surface area contributed by atoms with Crippen LogP contribution in [0.25, 0.3) is 0 Å². The van der Waals surface area contributed by atoms with E-state index in [1.54, 1.807) is 0 Å². The highest BCUT2D eigenvalue weighted by molar-refractivity contribution is 5.70. The molecule has 0 fully saturated rings. The Morgan fingerprint density at radius 1 is 0.414 bits per heavy atom. The van der Waals surface area contributed by atoms with Crippen LogP contribution in [-0.2, 0) is 19.1 Å². The number of hydrogen-bond acceptors (Lipinski definition) is 5. The van der Waals surface area contributed by atoms with Crippen molar-refractivity contribution in [1.82, 2.24) is 0 Å². The summed E-state index contributed by atoms with van der Waals surface area (Å²) in [5.74, 6) is -0.638. The van der Waals surface area contributed by atoms with Gasteiger partial charge in [-0.15, -0.1) is 0 Å². The summed E-state index contributed by atoms with van der Waals surface area (Å²) in [7, 11) is 0. The van der Waals surface area contributed by atoms with Crippen LogP contribution in [0, 0.1) is 0 Å². The lowest BCUT2D eigenvalue weighted by atomic mass is 10.1. The largest absolute Gasteiger partial charge is 0.462 e. The van der Waals surface area contributed by atoms with Crippen LogP contribution in [0.5, 0.6) is 0 Å². The topological polar surface area (TPSA) is 72.8 Å². The third-order valence-corrected chi connectivity index (χ3v) is 9.86. The van der Waals surface area contributed by atoms with Gasteiger partial charge in [0, 0.05) is 12.8 Å². The third-order valence-electron chi connectivity index (χ3n) is 9.86. The molecule has 0 rings (SSSR count). The van der Waals surface area contributed by atoms with Gasteiger partial charge in [0.25, 0.3) is 0 Å². The first-order valence-electron chi connectivity index (χ1n) is 23.8. The summed E-state index contributed by atoms with van der Waals surface area (Å²) in [5, 5.41) is 9.60. The Bertz CT molecular complexity index is 1140. The van der Waals surface area contributed by atoms with Gasteiger partial charge >= 0.3 is 11.9 Å². The summed E-state index contributed by atoms with van der Waals surface area (Å²) < 4.78 is 10.6. The first-order chi connectivity index (χ1) is 28.6. The van der Waals surface area contributed by atoms with E-state index in [-0.39, 0.29) is 25.2 Å². The van der Waals surface area contributed by atoms with Crippen molar-refractivity contribution in [2.45, 2.75) is 213 Å². The van der Waals surface area contributed by atoms with Gasteiger partial charge in [-0.25, -0.2) is 0 Å². The average molecular weight is 805 g/mol. The van der Waals surface area contributed by atoms with Gasteiger partial charge < -0.3 is 14.6 Å². The SMILES string of the molecule is CC/C=C\C/C=C\C/C=C\C/C=C\C/C=C\CCCCCC(=O)OC(CO)COC(=O)CCCCCCCCCCCC/C=C\C/C=C\C/C=C\CCCCCCC. The second-order valence-corrected chi connectivity index (χ2v) is 15.4. The molecule has 1 N–H and O–H groups in total. The average Bonchev–Trinajstić information content (AvgIpc) is 3.23. The zero-order valence-electron chi connectivity index (χ0n) is 37.5. The summed E-state index contributed by atoms with van der Waals surface area (Å²) in [6.07, 6.45) is 67.7. The Balaban J connectivity index is 3.61. The highest BCUT2D eigenvalue weighted by Gasteiger charge is 2.16. The maximum absolute atomic E-state index is 12.2. The Hall–Kier alpha value is -3.18. The molecule has 0 heterocycles. The van der Waals surface area contributed by atoms with Crippen LogP contribution >= 0.6 is 0 Å². The molecular formula is C53H88O5. The zero-order chi connectivity index (χ0) is 42.1. The van der Waals surface area contributed by atoms with Gasteiger partial charge in [0.2, 0.25) is 0 Å². The van der Waals surface area contributed by atoms with Crippen molar-refractivity contribution in [3.05, 3.63) is 97.2 Å². The molecule has 0 aliphatic rings. The fourth-order valence-electron chi connectivity index (χ4n) is 6.29. The van der Waals surface area contributed by atoms with Gasteiger partial charge in [0.1, 0.15) is 6.61 Å². The smallest absolute Gasteiger partial charge is 0.306 e. The molecule has 5 nitrogen and oxygen atoms in total. The number of hydrogen-bond donors (Lipinski definition) is 1. The molecule has 0 saturated heterocycles. The van der Waals surface area contributed by atoms with E-state index in [1.165, 1.54) is 89.9 Å². The monoisotopic (exact) mass is 805 g/mol. The Labute approximate surface area is 358 Å². The highest BCUT2D eigenvalue weighted by atomic mass is 16.6. The molecule has 0 saturated carbocycles. The Kier molecular flexibility index (Phi) is 45.5. The lowest BCUT2D eigenvalue weighted by molar-refractivity contribution is -0.161. The van der Waals surface area contributed by atoms with Crippen LogP contribution in [-0.4, -0.2) is 36.4 Å². The molecule has 330 valence electrons. The van der Waals surface area contributed by atoms with Crippen molar-refractivity contribution >= 4 is 11.9 Å². The van der Waals surface area contributed by atoms with Crippen molar-refractivity contribution in [2.24, 2.45) is 0 Å². The highest BCUT2D eigenvalue weighted by Crippen LogP contribution is 2.13. The standard InChI is InChI=1S/C53H88O5/c1-3-5-7-9-11-13-15-17-19-21-23-24-25-26-27-28-30-31-33-35-37-39-41-43-45-47-52(55)57-50-51(49-54)58-53(56)48-46-44-42-40-38-36-34-32-29-22-20-18-16-14-12-10-8-6-4-2/h6,8,12,14-15,17-18,20-21,23,25-26,29,32,36,38,51,54H,3-5,7,9-11,13,16,19,22,24,27-28,30-31,33-35,37,39-50H2,1-2H3/b8-6-,14-12-,17-15-,20-18-,23-21-,26-25-,32-29-,38-36-. The molecule has 0 aromatic rings. The molecule has 58 heavy (non-hydrogen) atoms. The normalized spacial score (nSPS) is 13.1. The van der Waals surface area contributed by atoms with E-state index in [1.807, 2.05) is 0 Å². The van der Waals surface area contributed by atoms with Crippen LogP contribution in [0.2, 0.25) is 0 Å². The van der Waals surface area contributed by atoms with Crippen molar-refractivity contribution in [2.75, 3.05) is 13.2 Å². The number of carbonyl (C=O) groups is 2. The van der Waals surface area contributed by atoms with E-state index in [2.05, 4.69) is 111 Å². The van der Waals surface area contributed by atoms with Gasteiger partial charge in [-0.1, -0.05) is 195 Å². The minimum absolute atomic E-state index is 0.0871. The van der Waals surface area contributed by atoms with E-state index in [0.29, 0.717) is 12.8 Å². The number of ether oxygens (including phenoxy) is 2. The lowest BCUT2D eigenvalue weighted by Crippen LogP contribution is -2.28. The van der Waals surface area contributed by atoms with Crippen molar-refractivity contribution in [3.63, 3.8) is 0 Å². The fourth-order valence-corrected chi connectivity index (χ4v) is 6.29. The number of allylic oxidation sites excluding steroid dienone is 16. The van der Waals surface area contributed by atoms with Gasteiger partial charge in [-0.05, 0) is 96.3 Å². The number of unbranched alkanes of at least 4 members (excludes halogenated alkanes) is 18. The van der Waals surface area contributed by atoms with Crippen LogP contribution in [0.4, 0.5) is 0 Å². The zero-order valence-corrected chi connectivity index (χ0v) is 37.5. The predicted molar refractivity (Wildman–Crippen MR) is 251 cm³/mol. The number of aliphatic hydroxyl groups is 1. The molecule has 0 radical (unpaired) electrons. The van der Waals surface area contributed by atoms with Gasteiger partial charge in [0.15, 0.2) is 6.10 Å². The quantitative estimate of drug-likeness (QED) is 0.0378. The number of esters is 2. The minimum Gasteiger partial charge on any atom is -0.462 e. The Morgan fingerprint density at radius 2 is 0.741 bits per heavy atom. The Morgan fingerprint density at radius 3 is 1.14 bits per heavy atom. The van der Waals surface area contributed by atoms with E-state index >= 15 is 0 Å². The van der Waals surface area contributed by atoms with Crippen molar-refractivity contribution < 1.29 is 24.2 Å². The predicted octanol–water partition coefficient (Wildman–Crippen LogP) is 15.6. The summed E-state index contributed by atoms with van der Waals surface area (Å²) in [6, 6.07) is 0. The molecule has 0 aliphatic carbocycles. The molecule has 0 amide bonds. The second kappa shape index (κ2) is 48.2. The molecule has 1 unspecified atom stereocenters. The fraction of sp³-hybridized carbons (Fsp3) is 0.660. The van der Waals surface area contributed by atoms with E-state index in [0.717, 1.165) is 89.9 Å². The number of aliphatic hydroxyl groups excluding tert-OH is 1. The molecule has 0 bridgehead atoms. The van der Waals surface area contributed by atoms with E-state index in [4.69, 9.17) is 9.47 Å². The summed E-state index contributed by atoms with van der Waals surface area (Å²) in [5.41, 5.74) is 0. The molecule has 0 aromatic heterocycles. The molecular weight excluding hydrogens is 717 g/mol. The molecule has 5 heteroatoms. The molecule has 0 aliphatic heterocycles. The first-order valence-corrected chi connectivity index (χ1v) is 23.8. The summed E-state index contributed by atoms with van der Waals surface area (Å²) in [4.78, 5) is 24.4.